The van der Waals surface area contributed by atoms with Crippen molar-refractivity contribution in [3.8, 4) is 12.3 Å². The fourth-order valence-corrected chi connectivity index (χ4v) is 2.95. The Kier molecular flexibility index (Phi) is 18.2. The third-order valence-electron chi connectivity index (χ3n) is 4.45. The molecule has 0 amide bonds. The third-order valence-corrected chi connectivity index (χ3v) is 4.45. The van der Waals surface area contributed by atoms with Gasteiger partial charge in [0, 0.05) is 6.42 Å². The highest BCUT2D eigenvalue weighted by atomic mass is 15.1. The molecule has 1 nitrogen and oxygen atoms in total. The van der Waals surface area contributed by atoms with Crippen LogP contribution in [0.25, 0.3) is 0 Å². The Bertz CT molecular complexity index is 227. The van der Waals surface area contributed by atoms with Crippen LogP contribution >= 0.6 is 0 Å². The minimum absolute atomic E-state index is 0.952. The van der Waals surface area contributed by atoms with Crippen molar-refractivity contribution in [2.24, 2.45) is 0 Å². The van der Waals surface area contributed by atoms with Gasteiger partial charge in [-0.15, -0.1) is 12.3 Å². The van der Waals surface area contributed by atoms with Crippen LogP contribution in [-0.2, 0) is 0 Å². The lowest BCUT2D eigenvalue weighted by Crippen LogP contribution is -2.27. The van der Waals surface area contributed by atoms with E-state index in [9.17, 15) is 0 Å². The van der Waals surface area contributed by atoms with Crippen molar-refractivity contribution >= 4 is 0 Å². The van der Waals surface area contributed by atoms with Gasteiger partial charge in [-0.25, -0.2) is 0 Å². The third kappa shape index (κ3) is 15.9. The fraction of sp³-hybridized carbons (Fsp3) is 0.905. The number of terminal acetylenes is 1. The van der Waals surface area contributed by atoms with Gasteiger partial charge in [0.15, 0.2) is 0 Å². The second-order valence-corrected chi connectivity index (χ2v) is 6.68. The zero-order valence-electron chi connectivity index (χ0n) is 15.5. The molecule has 0 heterocycles. The lowest BCUT2D eigenvalue weighted by Gasteiger charge is -2.22. The molecule has 0 aromatic carbocycles. The molecule has 0 saturated heterocycles. The van der Waals surface area contributed by atoms with Gasteiger partial charge in [-0.3, -0.25) is 0 Å². The van der Waals surface area contributed by atoms with Crippen LogP contribution in [0.5, 0.6) is 0 Å². The van der Waals surface area contributed by atoms with Gasteiger partial charge in [-0.1, -0.05) is 71.6 Å². The molecule has 0 fully saturated rings. The summed E-state index contributed by atoms with van der Waals surface area (Å²) in [6, 6.07) is 0. The first kappa shape index (κ1) is 21.5. The summed E-state index contributed by atoms with van der Waals surface area (Å²) in [4.78, 5) is 2.72. The van der Waals surface area contributed by atoms with Gasteiger partial charge >= 0.3 is 0 Å². The Labute approximate surface area is 141 Å². The molecule has 0 unspecified atom stereocenters. The molecule has 0 aliphatic rings. The average molecular weight is 308 g/mol. The van der Waals surface area contributed by atoms with Crippen LogP contribution in [0.1, 0.15) is 104 Å². The highest BCUT2D eigenvalue weighted by Crippen LogP contribution is 2.09. The van der Waals surface area contributed by atoms with Gasteiger partial charge in [0.1, 0.15) is 0 Å². The van der Waals surface area contributed by atoms with E-state index in [1.165, 1.54) is 103 Å². The highest BCUT2D eigenvalue weighted by molar-refractivity contribution is 4.82. The van der Waals surface area contributed by atoms with Gasteiger partial charge in [0.25, 0.3) is 0 Å². The topological polar surface area (TPSA) is 3.24 Å². The first-order valence-electron chi connectivity index (χ1n) is 10.0. The Morgan fingerprint density at radius 1 is 0.591 bits per heavy atom. The maximum atomic E-state index is 5.32. The second kappa shape index (κ2) is 18.6. The molecule has 0 atom stereocenters. The van der Waals surface area contributed by atoms with Crippen LogP contribution in [0, 0.1) is 12.3 Å². The van der Waals surface area contributed by atoms with Crippen molar-refractivity contribution in [2.75, 3.05) is 19.6 Å². The summed E-state index contributed by atoms with van der Waals surface area (Å²) in [6.45, 7) is 8.49. The van der Waals surface area contributed by atoms with Gasteiger partial charge in [-0.2, -0.15) is 0 Å². The van der Waals surface area contributed by atoms with E-state index in [1.807, 2.05) is 0 Å². The van der Waals surface area contributed by atoms with Crippen molar-refractivity contribution in [1.29, 1.82) is 0 Å². The van der Waals surface area contributed by atoms with Crippen LogP contribution in [0.15, 0.2) is 0 Å². The molecule has 130 valence electrons. The van der Waals surface area contributed by atoms with Crippen LogP contribution in [0.4, 0.5) is 0 Å². The molecule has 0 aliphatic heterocycles. The quantitative estimate of drug-likeness (QED) is 0.221. The molecule has 0 radical (unpaired) electrons. The summed E-state index contributed by atoms with van der Waals surface area (Å²) in [5, 5.41) is 0. The highest BCUT2D eigenvalue weighted by Gasteiger charge is 2.04. The number of rotatable bonds is 17. The summed E-state index contributed by atoms with van der Waals surface area (Å²) in [5.41, 5.74) is 0. The Morgan fingerprint density at radius 2 is 1.00 bits per heavy atom. The van der Waals surface area contributed by atoms with E-state index in [0.29, 0.717) is 0 Å². The molecule has 1 heteroatoms. The smallest absolute Gasteiger partial charge is 0.00860 e. The van der Waals surface area contributed by atoms with E-state index in [1.54, 1.807) is 0 Å². The molecule has 0 bridgehead atoms. The second-order valence-electron chi connectivity index (χ2n) is 6.68. The van der Waals surface area contributed by atoms with Gasteiger partial charge < -0.3 is 4.90 Å². The lowest BCUT2D eigenvalue weighted by atomic mass is 10.1. The molecule has 0 aromatic rings. The van der Waals surface area contributed by atoms with Crippen LogP contribution in [0.2, 0.25) is 0 Å². The van der Waals surface area contributed by atoms with Crippen LogP contribution in [0.3, 0.4) is 0 Å². The molecule has 0 aliphatic carbocycles. The Hall–Kier alpha value is -0.480. The number of nitrogens with zero attached hydrogens (tertiary/aromatic N) is 1. The van der Waals surface area contributed by atoms with E-state index in [0.717, 1.165) is 6.42 Å². The predicted molar refractivity (Wildman–Crippen MR) is 101 cm³/mol. The number of hydrogen-bond acceptors (Lipinski definition) is 1. The summed E-state index contributed by atoms with van der Waals surface area (Å²) in [6.07, 6.45) is 24.0. The number of hydrogen-bond donors (Lipinski definition) is 0. The van der Waals surface area contributed by atoms with Crippen LogP contribution in [-0.4, -0.2) is 24.5 Å². The minimum atomic E-state index is 0.952. The fourth-order valence-electron chi connectivity index (χ4n) is 2.95. The normalized spacial score (nSPS) is 11.0. The maximum absolute atomic E-state index is 5.32. The Morgan fingerprint density at radius 3 is 1.41 bits per heavy atom. The van der Waals surface area contributed by atoms with E-state index < -0.39 is 0 Å². The summed E-state index contributed by atoms with van der Waals surface area (Å²) >= 11 is 0. The Balaban J connectivity index is 3.74. The van der Waals surface area contributed by atoms with E-state index >= 15 is 0 Å². The van der Waals surface area contributed by atoms with Crippen molar-refractivity contribution in [3.63, 3.8) is 0 Å². The molecular formula is C21H41N. The monoisotopic (exact) mass is 307 g/mol. The largest absolute Gasteiger partial charge is 0.303 e. The predicted octanol–water partition coefficient (Wildman–Crippen LogP) is 6.42. The molecule has 22 heavy (non-hydrogen) atoms. The summed E-state index contributed by atoms with van der Waals surface area (Å²) in [7, 11) is 0. The average Bonchev–Trinajstić information content (AvgIpc) is 2.53. The van der Waals surface area contributed by atoms with Crippen molar-refractivity contribution in [2.45, 2.75) is 104 Å². The summed E-state index contributed by atoms with van der Waals surface area (Å²) < 4.78 is 0. The van der Waals surface area contributed by atoms with E-state index in [2.05, 4.69) is 24.7 Å². The molecule has 0 N–H and O–H groups in total. The zero-order chi connectivity index (χ0) is 16.3. The number of unbranched alkanes of at least 4 members (excludes halogenated alkanes) is 11. The zero-order valence-corrected chi connectivity index (χ0v) is 15.5. The van der Waals surface area contributed by atoms with Gasteiger partial charge in [0.05, 0.1) is 0 Å². The van der Waals surface area contributed by atoms with E-state index in [4.69, 9.17) is 6.42 Å². The van der Waals surface area contributed by atoms with Crippen molar-refractivity contribution < 1.29 is 0 Å². The minimum Gasteiger partial charge on any atom is -0.303 e. The standard InChI is InChI=1S/C21H41N/c1-4-7-10-13-16-19-22(20-17-14-11-8-5-2)21-18-15-12-9-6-3/h1H,5-21H2,2-3H3. The molecule has 0 aromatic heterocycles. The first-order chi connectivity index (χ1) is 10.8. The molecular weight excluding hydrogens is 266 g/mol. The SMILES string of the molecule is C#CCCCCCN(CCCCCCC)CCCCCCC. The molecule has 0 spiro atoms. The summed E-state index contributed by atoms with van der Waals surface area (Å²) in [5.74, 6) is 2.75. The maximum Gasteiger partial charge on any atom is 0.00860 e. The van der Waals surface area contributed by atoms with Gasteiger partial charge in [-0.05, 0) is 45.3 Å². The first-order valence-corrected chi connectivity index (χ1v) is 10.0. The van der Waals surface area contributed by atoms with E-state index in [-0.39, 0.29) is 0 Å². The lowest BCUT2D eigenvalue weighted by molar-refractivity contribution is 0.254. The van der Waals surface area contributed by atoms with Crippen LogP contribution < -0.4 is 0 Å². The molecule has 0 saturated carbocycles. The van der Waals surface area contributed by atoms with Crippen molar-refractivity contribution in [3.05, 3.63) is 0 Å². The van der Waals surface area contributed by atoms with Gasteiger partial charge in [0.2, 0.25) is 0 Å². The molecule has 0 rings (SSSR count). The van der Waals surface area contributed by atoms with Crippen molar-refractivity contribution in [1.82, 2.24) is 4.90 Å².